The van der Waals surface area contributed by atoms with Gasteiger partial charge in [-0.1, -0.05) is 36.4 Å². The topological polar surface area (TPSA) is 47.6 Å². The summed E-state index contributed by atoms with van der Waals surface area (Å²) in [6, 6.07) is 7.89. The molecule has 3 nitrogen and oxygen atoms in total. The number of nitrogens with two attached hydrogens (primary N) is 1. The predicted octanol–water partition coefficient (Wildman–Crippen LogP) is 2.27. The highest BCUT2D eigenvalue weighted by atomic mass is 16.5. The molecule has 0 atom stereocenters. The molecule has 3 heteroatoms. The Morgan fingerprint density at radius 3 is 2.43 bits per heavy atom. The van der Waals surface area contributed by atoms with E-state index >= 15 is 0 Å². The van der Waals surface area contributed by atoms with Crippen molar-refractivity contribution < 1.29 is 4.74 Å². The highest BCUT2D eigenvalue weighted by Gasteiger charge is 2.00. The first-order chi connectivity index (χ1) is 6.63. The third-order valence-electron chi connectivity index (χ3n) is 1.83. The Morgan fingerprint density at radius 1 is 1.36 bits per heavy atom. The molecule has 2 N–H and O–H groups in total. The molecule has 0 bridgehead atoms. The Labute approximate surface area is 83.9 Å². The van der Waals surface area contributed by atoms with E-state index in [9.17, 15) is 0 Å². The summed E-state index contributed by atoms with van der Waals surface area (Å²) in [4.78, 5) is 0. The van der Waals surface area contributed by atoms with Crippen molar-refractivity contribution in [1.82, 2.24) is 0 Å². The fourth-order valence-electron chi connectivity index (χ4n) is 1.00. The van der Waals surface area contributed by atoms with Gasteiger partial charge in [0.15, 0.2) is 0 Å². The van der Waals surface area contributed by atoms with Gasteiger partial charge in [0.05, 0.1) is 0 Å². The molecule has 14 heavy (non-hydrogen) atoms. The minimum absolute atomic E-state index is 0.399. The molecule has 1 aromatic carbocycles. The summed E-state index contributed by atoms with van der Waals surface area (Å²) in [5.74, 6) is 6.00. The van der Waals surface area contributed by atoms with Gasteiger partial charge in [0.25, 0.3) is 0 Å². The summed E-state index contributed by atoms with van der Waals surface area (Å²) in [5, 5.41) is 3.41. The van der Waals surface area contributed by atoms with Gasteiger partial charge in [-0.3, -0.25) is 0 Å². The summed E-state index contributed by atoms with van der Waals surface area (Å²) < 4.78 is 5.26. The molecule has 1 rings (SSSR count). The quantitative estimate of drug-likeness (QED) is 0.256. The Balaban J connectivity index is 2.75. The number of ether oxygens (including phenoxy) is 1. The number of hydrazone groups is 1. The zero-order chi connectivity index (χ0) is 10.6. The number of benzene rings is 1. The van der Waals surface area contributed by atoms with Crippen LogP contribution in [0.25, 0.3) is 5.76 Å². The third kappa shape index (κ3) is 2.62. The Kier molecular flexibility index (Phi) is 3.29. The van der Waals surface area contributed by atoms with E-state index in [2.05, 4.69) is 11.7 Å². The lowest BCUT2D eigenvalue weighted by Crippen LogP contribution is -2.01. The molecule has 0 aliphatic rings. The fourth-order valence-corrected chi connectivity index (χ4v) is 1.00. The zero-order valence-electron chi connectivity index (χ0n) is 8.45. The minimum Gasteiger partial charge on any atom is -0.442 e. The number of aryl methyl sites for hydroxylation is 1. The van der Waals surface area contributed by atoms with Crippen molar-refractivity contribution in [3.8, 4) is 0 Å². The molecule has 0 heterocycles. The lowest BCUT2D eigenvalue weighted by molar-refractivity contribution is 0.502. The number of hydrogen-bond donors (Lipinski definition) is 1. The SMILES string of the molecule is C=C(O/C(C)=N\N)c1ccc(C)cc1. The predicted molar refractivity (Wildman–Crippen MR) is 58.6 cm³/mol. The summed E-state index contributed by atoms with van der Waals surface area (Å²) in [6.07, 6.45) is 0. The Hall–Kier alpha value is -1.77. The van der Waals surface area contributed by atoms with E-state index in [1.54, 1.807) is 6.92 Å². The van der Waals surface area contributed by atoms with Crippen molar-refractivity contribution in [3.63, 3.8) is 0 Å². The highest BCUT2D eigenvalue weighted by molar-refractivity contribution is 5.79. The average Bonchev–Trinajstić information content (AvgIpc) is 2.18. The molecule has 0 aromatic heterocycles. The first kappa shape index (κ1) is 10.3. The molecule has 0 aliphatic carbocycles. The number of rotatable bonds is 2. The van der Waals surface area contributed by atoms with Gasteiger partial charge in [0, 0.05) is 12.5 Å². The maximum absolute atomic E-state index is 5.26. The van der Waals surface area contributed by atoms with Gasteiger partial charge in [0.1, 0.15) is 5.76 Å². The van der Waals surface area contributed by atoms with E-state index in [4.69, 9.17) is 10.6 Å². The maximum atomic E-state index is 5.26. The summed E-state index contributed by atoms with van der Waals surface area (Å²) in [6.45, 7) is 7.49. The molecule has 0 saturated heterocycles. The lowest BCUT2D eigenvalue weighted by atomic mass is 10.1. The van der Waals surface area contributed by atoms with Crippen LogP contribution in [0.3, 0.4) is 0 Å². The zero-order valence-corrected chi connectivity index (χ0v) is 8.45. The van der Waals surface area contributed by atoms with Crippen LogP contribution in [0.5, 0.6) is 0 Å². The maximum Gasteiger partial charge on any atom is 0.208 e. The van der Waals surface area contributed by atoms with Crippen LogP contribution in [0.4, 0.5) is 0 Å². The van der Waals surface area contributed by atoms with Gasteiger partial charge in [-0.15, -0.1) is 5.10 Å². The van der Waals surface area contributed by atoms with E-state index in [0.717, 1.165) is 5.56 Å². The molecule has 1 aromatic rings. The van der Waals surface area contributed by atoms with Crippen LogP contribution >= 0.6 is 0 Å². The summed E-state index contributed by atoms with van der Waals surface area (Å²) >= 11 is 0. The molecule has 0 aliphatic heterocycles. The summed E-state index contributed by atoms with van der Waals surface area (Å²) in [5.41, 5.74) is 2.13. The fraction of sp³-hybridized carbons (Fsp3) is 0.182. The van der Waals surface area contributed by atoms with E-state index in [0.29, 0.717) is 11.7 Å². The van der Waals surface area contributed by atoms with Crippen LogP contribution < -0.4 is 5.84 Å². The molecular formula is C11H14N2O. The second-order valence-corrected chi connectivity index (χ2v) is 3.04. The van der Waals surface area contributed by atoms with E-state index in [1.807, 2.05) is 31.2 Å². The van der Waals surface area contributed by atoms with E-state index < -0.39 is 0 Å². The largest absolute Gasteiger partial charge is 0.442 e. The molecule has 0 amide bonds. The first-order valence-corrected chi connectivity index (χ1v) is 4.31. The highest BCUT2D eigenvalue weighted by Crippen LogP contribution is 2.14. The Morgan fingerprint density at radius 2 is 1.93 bits per heavy atom. The second-order valence-electron chi connectivity index (χ2n) is 3.04. The van der Waals surface area contributed by atoms with Crippen molar-refractivity contribution in [2.24, 2.45) is 10.9 Å². The van der Waals surface area contributed by atoms with Gasteiger partial charge in [-0.05, 0) is 6.92 Å². The lowest BCUT2D eigenvalue weighted by Gasteiger charge is -2.07. The van der Waals surface area contributed by atoms with Gasteiger partial charge in [-0.2, -0.15) is 0 Å². The van der Waals surface area contributed by atoms with Crippen LogP contribution in [-0.4, -0.2) is 5.90 Å². The van der Waals surface area contributed by atoms with Crippen LogP contribution in [0, 0.1) is 6.92 Å². The van der Waals surface area contributed by atoms with E-state index in [-0.39, 0.29) is 0 Å². The van der Waals surface area contributed by atoms with Gasteiger partial charge in [-0.25, -0.2) is 0 Å². The molecule has 0 spiro atoms. The Bertz CT molecular complexity index is 352. The van der Waals surface area contributed by atoms with Crippen LogP contribution in [0.2, 0.25) is 0 Å². The monoisotopic (exact) mass is 190 g/mol. The molecular weight excluding hydrogens is 176 g/mol. The van der Waals surface area contributed by atoms with Crippen LogP contribution in [-0.2, 0) is 4.74 Å². The smallest absolute Gasteiger partial charge is 0.208 e. The second kappa shape index (κ2) is 4.46. The van der Waals surface area contributed by atoms with Crippen molar-refractivity contribution in [3.05, 3.63) is 42.0 Å². The number of hydrogen-bond acceptors (Lipinski definition) is 3. The first-order valence-electron chi connectivity index (χ1n) is 4.31. The average molecular weight is 190 g/mol. The summed E-state index contributed by atoms with van der Waals surface area (Å²) in [7, 11) is 0. The van der Waals surface area contributed by atoms with Gasteiger partial charge < -0.3 is 10.6 Å². The third-order valence-corrected chi connectivity index (χ3v) is 1.83. The molecule has 74 valence electrons. The van der Waals surface area contributed by atoms with Gasteiger partial charge >= 0.3 is 0 Å². The number of nitrogens with zero attached hydrogens (tertiary/aromatic N) is 1. The molecule has 0 fully saturated rings. The van der Waals surface area contributed by atoms with Crippen molar-refractivity contribution >= 4 is 11.7 Å². The van der Waals surface area contributed by atoms with Crippen molar-refractivity contribution in [2.45, 2.75) is 13.8 Å². The standard InChI is InChI=1S/C11H14N2O/c1-8-4-6-11(7-5-8)9(2)14-10(3)13-12/h4-7H,2,12H2,1,3H3/b13-10-. The van der Waals surface area contributed by atoms with E-state index in [1.165, 1.54) is 5.56 Å². The van der Waals surface area contributed by atoms with Crippen LogP contribution in [0.15, 0.2) is 35.9 Å². The van der Waals surface area contributed by atoms with Crippen LogP contribution in [0.1, 0.15) is 18.1 Å². The molecule has 0 unspecified atom stereocenters. The van der Waals surface area contributed by atoms with Gasteiger partial charge in [0.2, 0.25) is 5.90 Å². The minimum atomic E-state index is 0.399. The normalized spacial score (nSPS) is 11.1. The molecule has 0 saturated carbocycles. The van der Waals surface area contributed by atoms with Crippen molar-refractivity contribution in [1.29, 1.82) is 0 Å². The molecule has 0 radical (unpaired) electrons. The van der Waals surface area contributed by atoms with Crippen molar-refractivity contribution in [2.75, 3.05) is 0 Å².